The van der Waals surface area contributed by atoms with Gasteiger partial charge in [0.2, 0.25) is 0 Å². The number of aryl methyl sites for hydroxylation is 2. The van der Waals surface area contributed by atoms with Crippen molar-refractivity contribution in [3.8, 4) is 0 Å². The molecule has 1 N–H and O–H groups in total. The van der Waals surface area contributed by atoms with E-state index in [2.05, 4.69) is 16.8 Å². The van der Waals surface area contributed by atoms with E-state index in [0.29, 0.717) is 0 Å². The van der Waals surface area contributed by atoms with E-state index in [1.807, 2.05) is 6.92 Å². The molecule has 124 valence electrons. The summed E-state index contributed by atoms with van der Waals surface area (Å²) in [5.41, 5.74) is 1.07. The summed E-state index contributed by atoms with van der Waals surface area (Å²) in [6.45, 7) is 8.82. The summed E-state index contributed by atoms with van der Waals surface area (Å²) in [6.07, 6.45) is 2.44. The molecule has 0 bridgehead atoms. The number of likely N-dealkylation sites (tertiary alicyclic amines) is 1. The van der Waals surface area contributed by atoms with E-state index in [1.165, 1.54) is 17.7 Å². The van der Waals surface area contributed by atoms with E-state index in [9.17, 15) is 4.79 Å². The molecule has 2 aromatic rings. The van der Waals surface area contributed by atoms with Crippen LogP contribution in [-0.4, -0.2) is 41.2 Å². The highest BCUT2D eigenvalue weighted by molar-refractivity contribution is 7.18. The molecule has 2 atom stereocenters. The number of rotatable bonds is 3. The maximum Gasteiger partial charge on any atom is 0.259 e. The van der Waals surface area contributed by atoms with Crippen LogP contribution in [0.4, 0.5) is 0 Å². The Labute approximate surface area is 139 Å². The highest BCUT2D eigenvalue weighted by Gasteiger charge is 2.32. The molecule has 6 heteroatoms. The molecule has 0 aliphatic carbocycles. The van der Waals surface area contributed by atoms with Crippen molar-refractivity contribution in [2.45, 2.75) is 33.2 Å². The first kappa shape index (κ1) is 15.3. The molecule has 0 amide bonds. The third-order valence-electron chi connectivity index (χ3n) is 5.40. The van der Waals surface area contributed by atoms with Crippen LogP contribution in [0.15, 0.2) is 4.79 Å². The Bertz CT molecular complexity index is 776. The van der Waals surface area contributed by atoms with Crippen LogP contribution >= 0.6 is 11.3 Å². The molecule has 4 rings (SSSR count). The van der Waals surface area contributed by atoms with Crippen molar-refractivity contribution in [1.29, 1.82) is 0 Å². The average Bonchev–Trinajstić information content (AvgIpc) is 3.20. The van der Waals surface area contributed by atoms with Gasteiger partial charge in [-0.15, -0.1) is 11.3 Å². The van der Waals surface area contributed by atoms with Crippen LogP contribution in [0.5, 0.6) is 0 Å². The summed E-state index contributed by atoms with van der Waals surface area (Å²) in [5, 5.41) is 0.763. The molecule has 2 saturated heterocycles. The van der Waals surface area contributed by atoms with Crippen LogP contribution in [0.25, 0.3) is 10.2 Å². The summed E-state index contributed by atoms with van der Waals surface area (Å²) in [5.74, 6) is 2.25. The van der Waals surface area contributed by atoms with Crippen LogP contribution in [0.2, 0.25) is 0 Å². The molecule has 5 nitrogen and oxygen atoms in total. The smallest absolute Gasteiger partial charge is 0.259 e. The van der Waals surface area contributed by atoms with Gasteiger partial charge in [0, 0.05) is 24.6 Å². The first-order valence-corrected chi connectivity index (χ1v) is 9.22. The lowest BCUT2D eigenvalue weighted by molar-refractivity contribution is 0.171. The molecule has 2 aromatic heterocycles. The van der Waals surface area contributed by atoms with Crippen molar-refractivity contribution >= 4 is 21.6 Å². The molecule has 2 unspecified atom stereocenters. The predicted molar refractivity (Wildman–Crippen MR) is 92.0 cm³/mol. The van der Waals surface area contributed by atoms with E-state index in [4.69, 9.17) is 9.72 Å². The van der Waals surface area contributed by atoms with Crippen LogP contribution in [0.3, 0.4) is 0 Å². The lowest BCUT2D eigenvalue weighted by Gasteiger charge is -2.18. The highest BCUT2D eigenvalue weighted by Crippen LogP contribution is 2.31. The summed E-state index contributed by atoms with van der Waals surface area (Å²) >= 11 is 1.62. The number of aromatic amines is 1. The molecule has 2 aliphatic heterocycles. The first-order valence-electron chi connectivity index (χ1n) is 8.41. The maximum absolute atomic E-state index is 12.4. The average molecular weight is 333 g/mol. The Hall–Kier alpha value is -1.24. The largest absolute Gasteiger partial charge is 0.381 e. The zero-order valence-corrected chi connectivity index (χ0v) is 14.5. The molecule has 0 saturated carbocycles. The molecule has 2 fully saturated rings. The van der Waals surface area contributed by atoms with Gasteiger partial charge in [-0.2, -0.15) is 0 Å². The standard InChI is InChI=1S/C17H23N3O2S/c1-10-11(2)23-17-15(10)16(21)18-14(19-17)8-20-5-3-12(7-20)13-4-6-22-9-13/h12-13H,3-9H2,1-2H3,(H,18,19,21). The van der Waals surface area contributed by atoms with Gasteiger partial charge in [0.05, 0.1) is 11.9 Å². The number of hydrogen-bond acceptors (Lipinski definition) is 5. The Kier molecular flexibility index (Phi) is 3.99. The first-order chi connectivity index (χ1) is 11.1. The van der Waals surface area contributed by atoms with Crippen LogP contribution < -0.4 is 5.56 Å². The molecule has 23 heavy (non-hydrogen) atoms. The number of ether oxygens (including phenoxy) is 1. The van der Waals surface area contributed by atoms with E-state index in [1.54, 1.807) is 11.3 Å². The van der Waals surface area contributed by atoms with Gasteiger partial charge in [-0.1, -0.05) is 0 Å². The fourth-order valence-corrected chi connectivity index (χ4v) is 4.95. The minimum Gasteiger partial charge on any atom is -0.381 e. The van der Waals surface area contributed by atoms with Crippen LogP contribution in [0.1, 0.15) is 29.1 Å². The molecule has 0 radical (unpaired) electrons. The van der Waals surface area contributed by atoms with E-state index >= 15 is 0 Å². The third kappa shape index (κ3) is 2.84. The molecule has 4 heterocycles. The summed E-state index contributed by atoms with van der Waals surface area (Å²) in [6, 6.07) is 0. The minimum atomic E-state index is 0.00629. The van der Waals surface area contributed by atoms with Gasteiger partial charge in [0.1, 0.15) is 10.7 Å². The van der Waals surface area contributed by atoms with Crippen molar-refractivity contribution in [3.05, 3.63) is 26.6 Å². The number of nitrogens with one attached hydrogen (secondary N) is 1. The fraction of sp³-hybridized carbons (Fsp3) is 0.647. The second kappa shape index (κ2) is 6.00. The van der Waals surface area contributed by atoms with Crippen molar-refractivity contribution < 1.29 is 4.74 Å². The Morgan fingerprint density at radius 1 is 1.35 bits per heavy atom. The number of nitrogens with zero attached hydrogens (tertiary/aromatic N) is 2. The highest BCUT2D eigenvalue weighted by atomic mass is 32.1. The Morgan fingerprint density at radius 2 is 2.22 bits per heavy atom. The zero-order valence-electron chi connectivity index (χ0n) is 13.7. The molecule has 0 spiro atoms. The Morgan fingerprint density at radius 3 is 3.00 bits per heavy atom. The summed E-state index contributed by atoms with van der Waals surface area (Å²) in [7, 11) is 0. The number of H-pyrrole nitrogens is 1. The Balaban J connectivity index is 1.51. The topological polar surface area (TPSA) is 58.2 Å². The maximum atomic E-state index is 12.4. The van der Waals surface area contributed by atoms with Gasteiger partial charge in [0.15, 0.2) is 0 Å². The van der Waals surface area contributed by atoms with Gasteiger partial charge in [-0.05, 0) is 50.6 Å². The molecular formula is C17H23N3O2S. The van der Waals surface area contributed by atoms with Crippen LogP contribution in [-0.2, 0) is 11.3 Å². The van der Waals surface area contributed by atoms with Gasteiger partial charge in [-0.25, -0.2) is 4.98 Å². The lowest BCUT2D eigenvalue weighted by Crippen LogP contribution is -2.25. The number of hydrogen-bond donors (Lipinski definition) is 1. The molecule has 2 aliphatic rings. The summed E-state index contributed by atoms with van der Waals surface area (Å²) in [4.78, 5) is 24.5. The van der Waals surface area contributed by atoms with Gasteiger partial charge in [0.25, 0.3) is 5.56 Å². The lowest BCUT2D eigenvalue weighted by atomic mass is 9.91. The van der Waals surface area contributed by atoms with Crippen LogP contribution in [0, 0.1) is 25.7 Å². The monoisotopic (exact) mass is 333 g/mol. The second-order valence-electron chi connectivity index (χ2n) is 6.88. The third-order valence-corrected chi connectivity index (χ3v) is 6.50. The van der Waals surface area contributed by atoms with Gasteiger partial charge < -0.3 is 9.72 Å². The van der Waals surface area contributed by atoms with Gasteiger partial charge >= 0.3 is 0 Å². The zero-order chi connectivity index (χ0) is 16.0. The minimum absolute atomic E-state index is 0.00629. The number of thiophene rings is 1. The number of aromatic nitrogens is 2. The SMILES string of the molecule is Cc1sc2nc(CN3CCC(C4CCOC4)C3)[nH]c(=O)c2c1C. The van der Waals surface area contributed by atoms with Crippen molar-refractivity contribution in [1.82, 2.24) is 14.9 Å². The second-order valence-corrected chi connectivity index (χ2v) is 8.09. The van der Waals surface area contributed by atoms with E-state index in [0.717, 1.165) is 66.3 Å². The molecular weight excluding hydrogens is 310 g/mol. The normalized spacial score (nSPS) is 25.7. The predicted octanol–water partition coefficient (Wildman–Crippen LogP) is 2.46. The van der Waals surface area contributed by atoms with E-state index in [-0.39, 0.29) is 5.56 Å². The molecule has 0 aromatic carbocycles. The fourth-order valence-electron chi connectivity index (χ4n) is 3.90. The van der Waals surface area contributed by atoms with E-state index < -0.39 is 0 Å². The number of fused-ring (bicyclic) bond motifs is 1. The van der Waals surface area contributed by atoms with Crippen molar-refractivity contribution in [3.63, 3.8) is 0 Å². The van der Waals surface area contributed by atoms with Gasteiger partial charge in [-0.3, -0.25) is 9.69 Å². The van der Waals surface area contributed by atoms with Crippen molar-refractivity contribution in [2.24, 2.45) is 11.8 Å². The summed E-state index contributed by atoms with van der Waals surface area (Å²) < 4.78 is 5.52. The van der Waals surface area contributed by atoms with Crippen molar-refractivity contribution in [2.75, 3.05) is 26.3 Å². The quantitative estimate of drug-likeness (QED) is 0.937.